The third-order valence-corrected chi connectivity index (χ3v) is 2.83. The molecule has 0 saturated heterocycles. The Labute approximate surface area is 91.5 Å². The van der Waals surface area contributed by atoms with E-state index in [9.17, 15) is 13.0 Å². The van der Waals surface area contributed by atoms with Crippen LogP contribution in [0.2, 0.25) is 0 Å². The highest BCUT2D eigenvalue weighted by atomic mass is 32.3. The number of hydrogen-bond donors (Lipinski definition) is 3. The molecule has 0 aliphatic carbocycles. The van der Waals surface area contributed by atoms with Crippen molar-refractivity contribution in [3.63, 3.8) is 0 Å². The van der Waals surface area contributed by atoms with E-state index in [1.54, 1.807) is 0 Å². The molecule has 0 heterocycles. The molecule has 0 amide bonds. The van der Waals surface area contributed by atoms with Crippen LogP contribution < -0.4 is 11.1 Å². The van der Waals surface area contributed by atoms with Gasteiger partial charge < -0.3 is 15.6 Å². The zero-order valence-electron chi connectivity index (χ0n) is 9.00. The molecular weight excluding hydrogens is 243 g/mol. The van der Waals surface area contributed by atoms with Crippen LogP contribution in [0.1, 0.15) is 6.92 Å². The van der Waals surface area contributed by atoms with Crippen molar-refractivity contribution in [2.75, 3.05) is 20.3 Å². The predicted octanol–water partition coefficient (Wildman–Crippen LogP) is -0.886. The molecule has 94 valence electrons. The van der Waals surface area contributed by atoms with Crippen LogP contribution in [0.4, 0.5) is 0 Å². The van der Waals surface area contributed by atoms with Gasteiger partial charge in [-0.1, -0.05) is 0 Å². The maximum atomic E-state index is 10.1. The SMILES string of the molecule is CNC(C)C(N)C[PH2]=O.COS(=O)(=O)O. The smallest absolute Gasteiger partial charge is 0.330 e. The Bertz CT molecular complexity index is 258. The number of nitrogens with one attached hydrogen (secondary N) is 1. The first kappa shape index (κ1) is 17.4. The monoisotopic (exact) mass is 262 g/mol. The van der Waals surface area contributed by atoms with Crippen molar-refractivity contribution >= 4 is 18.9 Å². The lowest BCUT2D eigenvalue weighted by Gasteiger charge is -2.15. The summed E-state index contributed by atoms with van der Waals surface area (Å²) in [5, 5.41) is 3.00. The molecule has 0 aliphatic rings. The summed E-state index contributed by atoms with van der Waals surface area (Å²) >= 11 is 0. The Morgan fingerprint density at radius 1 is 1.60 bits per heavy atom. The van der Waals surface area contributed by atoms with Gasteiger partial charge in [0.2, 0.25) is 0 Å². The van der Waals surface area contributed by atoms with Gasteiger partial charge in [0, 0.05) is 18.2 Å². The minimum atomic E-state index is -4.16. The molecule has 0 rings (SSSR count). The normalized spacial score (nSPS) is 15.8. The molecule has 0 fully saturated rings. The predicted molar refractivity (Wildman–Crippen MR) is 60.3 cm³/mol. The average Bonchev–Trinajstić information content (AvgIpc) is 2.17. The molecule has 7 nitrogen and oxygen atoms in total. The molecular formula is C6H19N2O5PS. The van der Waals surface area contributed by atoms with Crippen molar-refractivity contribution in [3.05, 3.63) is 0 Å². The summed E-state index contributed by atoms with van der Waals surface area (Å²) < 4.78 is 39.8. The third-order valence-electron chi connectivity index (χ3n) is 1.68. The van der Waals surface area contributed by atoms with Gasteiger partial charge in [0.05, 0.1) is 15.6 Å². The summed E-state index contributed by atoms with van der Waals surface area (Å²) in [6.07, 6.45) is 0.641. The highest BCUT2D eigenvalue weighted by Gasteiger charge is 2.07. The van der Waals surface area contributed by atoms with Crippen LogP contribution in [0.3, 0.4) is 0 Å². The van der Waals surface area contributed by atoms with E-state index in [1.807, 2.05) is 14.0 Å². The summed E-state index contributed by atoms with van der Waals surface area (Å²) in [6.45, 7) is 1.99. The van der Waals surface area contributed by atoms with Gasteiger partial charge in [0.1, 0.15) is 0 Å². The molecule has 0 spiro atoms. The Morgan fingerprint density at radius 3 is 2.20 bits per heavy atom. The van der Waals surface area contributed by atoms with E-state index in [0.29, 0.717) is 6.16 Å². The lowest BCUT2D eigenvalue weighted by molar-refractivity contribution is 0.324. The van der Waals surface area contributed by atoms with Crippen LogP contribution in [0.15, 0.2) is 0 Å². The molecule has 0 saturated carbocycles. The Morgan fingerprint density at radius 2 is 2.00 bits per heavy atom. The number of nitrogens with two attached hydrogens (primary N) is 1. The quantitative estimate of drug-likeness (QED) is 0.434. The van der Waals surface area contributed by atoms with Gasteiger partial charge in [-0.2, -0.15) is 8.42 Å². The zero-order valence-corrected chi connectivity index (χ0v) is 11.0. The highest BCUT2D eigenvalue weighted by molar-refractivity contribution is 7.80. The highest BCUT2D eigenvalue weighted by Crippen LogP contribution is 1.97. The van der Waals surface area contributed by atoms with E-state index in [-0.39, 0.29) is 12.1 Å². The van der Waals surface area contributed by atoms with Crippen molar-refractivity contribution in [1.29, 1.82) is 0 Å². The summed E-state index contributed by atoms with van der Waals surface area (Å²) in [5.41, 5.74) is 5.60. The first-order chi connectivity index (χ1) is 6.78. The maximum Gasteiger partial charge on any atom is 0.397 e. The second kappa shape index (κ2) is 9.26. The molecule has 9 heteroatoms. The molecule has 0 aromatic rings. The molecule has 0 radical (unpaired) electrons. The van der Waals surface area contributed by atoms with E-state index in [2.05, 4.69) is 9.50 Å². The molecule has 3 unspecified atom stereocenters. The first-order valence-electron chi connectivity index (χ1n) is 4.18. The Hall–Kier alpha value is 0.0200. The minimum Gasteiger partial charge on any atom is -0.330 e. The van der Waals surface area contributed by atoms with Gasteiger partial charge in [-0.25, -0.2) is 0 Å². The van der Waals surface area contributed by atoms with Crippen LogP contribution in [0.5, 0.6) is 0 Å². The molecule has 0 aromatic carbocycles. The average molecular weight is 262 g/mol. The zero-order chi connectivity index (χ0) is 12.5. The van der Waals surface area contributed by atoms with E-state index >= 15 is 0 Å². The summed E-state index contributed by atoms with van der Waals surface area (Å²) in [4.78, 5) is 0. The minimum absolute atomic E-state index is 0.0440. The van der Waals surface area contributed by atoms with Crippen LogP contribution >= 0.6 is 8.46 Å². The summed E-state index contributed by atoms with van der Waals surface area (Å²) in [6, 6.07) is 0.314. The summed E-state index contributed by atoms with van der Waals surface area (Å²) in [7, 11) is -2.13. The van der Waals surface area contributed by atoms with Crippen LogP contribution in [-0.2, 0) is 19.1 Å². The third kappa shape index (κ3) is 14.0. The molecule has 15 heavy (non-hydrogen) atoms. The van der Waals surface area contributed by atoms with E-state index in [1.165, 1.54) is 0 Å². The van der Waals surface area contributed by atoms with Crippen LogP contribution in [-0.4, -0.2) is 45.4 Å². The van der Waals surface area contributed by atoms with E-state index < -0.39 is 18.9 Å². The second-order valence-electron chi connectivity index (χ2n) is 2.74. The van der Waals surface area contributed by atoms with Gasteiger partial charge in [-0.15, -0.1) is 0 Å². The number of rotatable bonds is 5. The van der Waals surface area contributed by atoms with E-state index in [0.717, 1.165) is 7.11 Å². The fraction of sp³-hybridized carbons (Fsp3) is 1.00. The molecule has 0 aliphatic heterocycles. The van der Waals surface area contributed by atoms with E-state index in [4.69, 9.17) is 10.3 Å². The number of likely N-dealkylation sites (N-methyl/N-ethyl adjacent to an activating group) is 1. The summed E-state index contributed by atoms with van der Waals surface area (Å²) in [5.74, 6) is 0. The molecule has 0 bridgehead atoms. The van der Waals surface area contributed by atoms with Crippen molar-refractivity contribution in [3.8, 4) is 0 Å². The van der Waals surface area contributed by atoms with Crippen molar-refractivity contribution in [2.45, 2.75) is 19.0 Å². The van der Waals surface area contributed by atoms with Crippen molar-refractivity contribution in [2.24, 2.45) is 5.73 Å². The lowest BCUT2D eigenvalue weighted by Crippen LogP contribution is -2.42. The lowest BCUT2D eigenvalue weighted by atomic mass is 10.2. The first-order valence-corrected chi connectivity index (χ1v) is 6.83. The van der Waals surface area contributed by atoms with Crippen molar-refractivity contribution < 1.29 is 21.7 Å². The number of hydrogen-bond acceptors (Lipinski definition) is 6. The van der Waals surface area contributed by atoms with Gasteiger partial charge >= 0.3 is 10.4 Å². The molecule has 4 N–H and O–H groups in total. The van der Waals surface area contributed by atoms with Gasteiger partial charge in [-0.05, 0) is 14.0 Å². The van der Waals surface area contributed by atoms with Crippen LogP contribution in [0.25, 0.3) is 0 Å². The standard InChI is InChI=1S/C5H15N2OP.CH4O4S/c1-4(7-2)5(6)3-9-8;1-5-6(2,3)4/h4-5,7H,3,6,9H2,1-2H3;1H3,(H,2,3,4). The maximum absolute atomic E-state index is 10.1. The topological polar surface area (TPSA) is 119 Å². The van der Waals surface area contributed by atoms with Gasteiger partial charge in [0.15, 0.2) is 0 Å². The van der Waals surface area contributed by atoms with Crippen molar-refractivity contribution in [1.82, 2.24) is 5.32 Å². The van der Waals surface area contributed by atoms with Crippen LogP contribution in [0, 0.1) is 0 Å². The Balaban J connectivity index is 0. The molecule has 3 atom stereocenters. The largest absolute Gasteiger partial charge is 0.397 e. The fourth-order valence-electron chi connectivity index (χ4n) is 0.529. The molecule has 0 aromatic heterocycles. The van der Waals surface area contributed by atoms with Gasteiger partial charge in [0.25, 0.3) is 0 Å². The van der Waals surface area contributed by atoms with Gasteiger partial charge in [-0.3, -0.25) is 8.74 Å². The Kier molecular flexibility index (Phi) is 10.8. The second-order valence-corrected chi connectivity index (χ2v) is 4.73. The fourth-order valence-corrected chi connectivity index (χ4v) is 1.16.